The maximum atomic E-state index is 4.88. The van der Waals surface area contributed by atoms with E-state index in [4.69, 9.17) is 9.98 Å². The summed E-state index contributed by atoms with van der Waals surface area (Å²) in [4.78, 5) is 23.8. The third-order valence-corrected chi connectivity index (χ3v) is 6.55. The minimum absolute atomic E-state index is 0.365. The molecule has 0 amide bonds. The van der Waals surface area contributed by atoms with E-state index in [0.29, 0.717) is 11.9 Å². The molecule has 32 heavy (non-hydrogen) atoms. The molecule has 5 rings (SSSR count). The van der Waals surface area contributed by atoms with Crippen molar-refractivity contribution in [2.24, 2.45) is 10.9 Å². The van der Waals surface area contributed by atoms with Crippen molar-refractivity contribution in [3.05, 3.63) is 47.3 Å². The Morgan fingerprint density at radius 1 is 1.06 bits per heavy atom. The van der Waals surface area contributed by atoms with E-state index in [-0.39, 0.29) is 0 Å². The molecule has 1 N–H and O–H groups in total. The van der Waals surface area contributed by atoms with E-state index in [1.807, 2.05) is 12.4 Å². The van der Waals surface area contributed by atoms with Gasteiger partial charge < -0.3 is 15.1 Å². The number of piperazine rings is 1. The lowest BCUT2D eigenvalue weighted by molar-refractivity contribution is 0.271. The monoisotopic (exact) mass is 429 g/mol. The van der Waals surface area contributed by atoms with Gasteiger partial charge in [-0.3, -0.25) is 4.99 Å². The molecule has 0 atom stereocenters. The molecule has 0 radical (unpaired) electrons. The molecule has 1 fully saturated rings. The number of rotatable bonds is 5. The molecule has 3 aromatic rings. The SMILES string of the molecule is CCN1CCN(c2cnc(Nc3ncc4ccc5c(c4n3)C(C(C)C)=NC5)cc2C)CC1. The van der Waals surface area contributed by atoms with Crippen LogP contribution in [0.2, 0.25) is 0 Å². The van der Waals surface area contributed by atoms with Gasteiger partial charge in [-0.2, -0.15) is 0 Å². The van der Waals surface area contributed by atoms with Crippen LogP contribution in [-0.2, 0) is 6.54 Å². The average Bonchev–Trinajstić information content (AvgIpc) is 3.24. The van der Waals surface area contributed by atoms with Crippen LogP contribution in [0.4, 0.5) is 17.5 Å². The second kappa shape index (κ2) is 8.47. The van der Waals surface area contributed by atoms with E-state index >= 15 is 0 Å². The van der Waals surface area contributed by atoms with Crippen LogP contribution in [0.25, 0.3) is 10.9 Å². The fourth-order valence-corrected chi connectivity index (χ4v) is 4.71. The highest BCUT2D eigenvalue weighted by Gasteiger charge is 2.22. The Hall–Kier alpha value is -3.06. The van der Waals surface area contributed by atoms with Crippen molar-refractivity contribution in [1.29, 1.82) is 0 Å². The number of nitrogens with one attached hydrogen (secondary N) is 1. The van der Waals surface area contributed by atoms with Gasteiger partial charge in [-0.1, -0.05) is 32.9 Å². The van der Waals surface area contributed by atoms with Gasteiger partial charge in [-0.05, 0) is 36.6 Å². The van der Waals surface area contributed by atoms with Crippen LogP contribution < -0.4 is 10.2 Å². The fourth-order valence-electron chi connectivity index (χ4n) is 4.71. The molecule has 1 aromatic carbocycles. The largest absolute Gasteiger partial charge is 0.368 e. The molecule has 0 spiro atoms. The van der Waals surface area contributed by atoms with Crippen molar-refractivity contribution < 1.29 is 0 Å². The highest BCUT2D eigenvalue weighted by Crippen LogP contribution is 2.30. The van der Waals surface area contributed by atoms with Crippen LogP contribution in [0.15, 0.2) is 35.6 Å². The lowest BCUT2D eigenvalue weighted by Gasteiger charge is -2.36. The Morgan fingerprint density at radius 3 is 2.59 bits per heavy atom. The van der Waals surface area contributed by atoms with Gasteiger partial charge in [0.15, 0.2) is 0 Å². The zero-order valence-electron chi connectivity index (χ0n) is 19.4. The number of aryl methyl sites for hydroxylation is 1. The summed E-state index contributed by atoms with van der Waals surface area (Å²) in [6, 6.07) is 6.33. The van der Waals surface area contributed by atoms with Crippen LogP contribution in [0, 0.1) is 12.8 Å². The van der Waals surface area contributed by atoms with E-state index < -0.39 is 0 Å². The summed E-state index contributed by atoms with van der Waals surface area (Å²) in [5.74, 6) is 1.70. The summed E-state index contributed by atoms with van der Waals surface area (Å²) in [5, 5.41) is 4.36. The normalized spacial score (nSPS) is 16.5. The number of fused-ring (bicyclic) bond motifs is 3. The molecule has 0 aliphatic carbocycles. The van der Waals surface area contributed by atoms with Gasteiger partial charge in [-0.15, -0.1) is 0 Å². The molecule has 7 heteroatoms. The van der Waals surface area contributed by atoms with Crippen molar-refractivity contribution >= 4 is 34.1 Å². The minimum Gasteiger partial charge on any atom is -0.368 e. The molecular formula is C25H31N7. The Bertz CT molecular complexity index is 1180. The van der Waals surface area contributed by atoms with Gasteiger partial charge in [0, 0.05) is 49.0 Å². The third-order valence-electron chi connectivity index (χ3n) is 6.55. The number of benzene rings is 1. The van der Waals surface area contributed by atoms with Crippen LogP contribution in [-0.4, -0.2) is 58.3 Å². The van der Waals surface area contributed by atoms with Crippen molar-refractivity contribution in [2.45, 2.75) is 34.2 Å². The van der Waals surface area contributed by atoms with Crippen molar-refractivity contribution in [1.82, 2.24) is 19.9 Å². The molecule has 7 nitrogen and oxygen atoms in total. The Labute approximate surface area is 189 Å². The van der Waals surface area contributed by atoms with E-state index in [9.17, 15) is 0 Å². The standard InChI is InChI=1S/C25H31N7/c1-5-31-8-10-32(11-9-31)20-15-26-21(12-17(20)4)29-25-28-14-19-7-6-18-13-27-23(16(2)3)22(18)24(19)30-25/h6-7,12,14-16H,5,8-11,13H2,1-4H3,(H,26,28,29,30). The van der Waals surface area contributed by atoms with Gasteiger partial charge in [-0.25, -0.2) is 15.0 Å². The first-order valence-electron chi connectivity index (χ1n) is 11.6. The van der Waals surface area contributed by atoms with E-state index in [1.165, 1.54) is 22.4 Å². The third kappa shape index (κ3) is 3.81. The number of hydrogen-bond donors (Lipinski definition) is 1. The predicted octanol–water partition coefficient (Wildman–Crippen LogP) is 4.18. The number of anilines is 3. The zero-order valence-corrected chi connectivity index (χ0v) is 19.4. The van der Waals surface area contributed by atoms with Crippen molar-refractivity contribution in [3.8, 4) is 0 Å². The molecule has 4 heterocycles. The zero-order chi connectivity index (χ0) is 22.2. The Balaban J connectivity index is 1.40. The quantitative estimate of drug-likeness (QED) is 0.656. The number of aliphatic imine (C=N–C) groups is 1. The molecule has 0 saturated carbocycles. The smallest absolute Gasteiger partial charge is 0.228 e. The number of nitrogens with zero attached hydrogens (tertiary/aromatic N) is 6. The second-order valence-corrected chi connectivity index (χ2v) is 8.99. The maximum Gasteiger partial charge on any atom is 0.228 e. The molecular weight excluding hydrogens is 398 g/mol. The highest BCUT2D eigenvalue weighted by molar-refractivity contribution is 6.13. The van der Waals surface area contributed by atoms with Crippen LogP contribution >= 0.6 is 0 Å². The second-order valence-electron chi connectivity index (χ2n) is 8.99. The lowest BCUT2D eigenvalue weighted by Crippen LogP contribution is -2.46. The van der Waals surface area contributed by atoms with Crippen LogP contribution in [0.5, 0.6) is 0 Å². The summed E-state index contributed by atoms with van der Waals surface area (Å²) in [6.45, 7) is 14.9. The van der Waals surface area contributed by atoms with Crippen molar-refractivity contribution in [3.63, 3.8) is 0 Å². The molecule has 0 bridgehead atoms. The highest BCUT2D eigenvalue weighted by atomic mass is 15.3. The van der Waals surface area contributed by atoms with Crippen LogP contribution in [0.1, 0.15) is 37.5 Å². The first kappa shape index (κ1) is 20.8. The molecule has 2 aliphatic rings. The topological polar surface area (TPSA) is 69.5 Å². The lowest BCUT2D eigenvalue weighted by atomic mass is 9.96. The summed E-state index contributed by atoms with van der Waals surface area (Å²) < 4.78 is 0. The molecule has 1 saturated heterocycles. The van der Waals surface area contributed by atoms with Gasteiger partial charge >= 0.3 is 0 Å². The number of aromatic nitrogens is 3. The van der Waals surface area contributed by atoms with Gasteiger partial charge in [0.05, 0.1) is 23.9 Å². The molecule has 2 aliphatic heterocycles. The summed E-state index contributed by atoms with van der Waals surface area (Å²) >= 11 is 0. The predicted molar refractivity (Wildman–Crippen MR) is 131 cm³/mol. The van der Waals surface area contributed by atoms with Gasteiger partial charge in [0.1, 0.15) is 5.82 Å². The van der Waals surface area contributed by atoms with E-state index in [2.05, 4.69) is 71.0 Å². The van der Waals surface area contributed by atoms with E-state index in [1.54, 1.807) is 0 Å². The fraction of sp³-hybridized carbons (Fsp3) is 0.440. The van der Waals surface area contributed by atoms with Gasteiger partial charge in [0.2, 0.25) is 5.95 Å². The Kier molecular flexibility index (Phi) is 5.51. The maximum absolute atomic E-state index is 4.88. The molecule has 2 aromatic heterocycles. The van der Waals surface area contributed by atoms with E-state index in [0.717, 1.165) is 61.7 Å². The summed E-state index contributed by atoms with van der Waals surface area (Å²) in [7, 11) is 0. The first-order chi connectivity index (χ1) is 15.5. The average molecular weight is 430 g/mol. The summed E-state index contributed by atoms with van der Waals surface area (Å²) in [5.41, 5.74) is 6.94. The number of pyridine rings is 1. The summed E-state index contributed by atoms with van der Waals surface area (Å²) in [6.07, 6.45) is 3.86. The van der Waals surface area contributed by atoms with Crippen molar-refractivity contribution in [2.75, 3.05) is 42.9 Å². The van der Waals surface area contributed by atoms with Gasteiger partial charge in [0.25, 0.3) is 0 Å². The minimum atomic E-state index is 0.365. The Morgan fingerprint density at radius 2 is 1.88 bits per heavy atom. The molecule has 0 unspecified atom stereocenters. The molecule has 166 valence electrons. The van der Waals surface area contributed by atoms with Crippen LogP contribution in [0.3, 0.4) is 0 Å². The number of hydrogen-bond acceptors (Lipinski definition) is 7. The number of likely N-dealkylation sites (N-methyl/N-ethyl adjacent to an activating group) is 1. The first-order valence-corrected chi connectivity index (χ1v) is 11.6.